The second-order valence-electron chi connectivity index (χ2n) is 3.41. The third kappa shape index (κ3) is 7.80. The van der Waals surface area contributed by atoms with E-state index in [0.29, 0.717) is 0 Å². The van der Waals surface area contributed by atoms with E-state index in [0.717, 1.165) is 13.0 Å². The summed E-state index contributed by atoms with van der Waals surface area (Å²) in [5.74, 6) is 0. The number of hydrogen-bond donors (Lipinski definition) is 1. The molecule has 1 nitrogen and oxygen atoms in total. The van der Waals surface area contributed by atoms with Crippen molar-refractivity contribution >= 4 is 0 Å². The van der Waals surface area contributed by atoms with Crippen LogP contribution < -0.4 is 5.73 Å². The van der Waals surface area contributed by atoms with Gasteiger partial charge in [0.1, 0.15) is 0 Å². The van der Waals surface area contributed by atoms with Crippen molar-refractivity contribution in [1.82, 2.24) is 0 Å². The topological polar surface area (TPSA) is 26.0 Å². The fourth-order valence-corrected chi connectivity index (χ4v) is 1.23. The van der Waals surface area contributed by atoms with Gasteiger partial charge < -0.3 is 5.73 Å². The van der Waals surface area contributed by atoms with Crippen molar-refractivity contribution in [3.8, 4) is 0 Å². The Labute approximate surface area is 77.0 Å². The molecule has 0 unspecified atom stereocenters. The van der Waals surface area contributed by atoms with E-state index in [4.69, 9.17) is 5.73 Å². The molecule has 0 atom stereocenters. The Hall–Kier alpha value is -0.300. The average Bonchev–Trinajstić information content (AvgIpc) is 2.10. The minimum atomic E-state index is 0.849. The number of rotatable bonds is 8. The van der Waals surface area contributed by atoms with Crippen LogP contribution in [-0.2, 0) is 0 Å². The van der Waals surface area contributed by atoms with E-state index in [1.54, 1.807) is 0 Å². The highest BCUT2D eigenvalue weighted by molar-refractivity contribution is 4.91. The molecule has 0 aromatic rings. The molecule has 0 saturated carbocycles. The Morgan fingerprint density at radius 2 is 1.67 bits per heavy atom. The number of allylic oxidation sites excluding steroid dienone is 1. The lowest BCUT2D eigenvalue weighted by atomic mass is 10.1. The molecular weight excluding hydrogens is 146 g/mol. The van der Waals surface area contributed by atoms with E-state index in [9.17, 15) is 0 Å². The summed E-state index contributed by atoms with van der Waals surface area (Å²) in [5.41, 5.74) is 6.80. The minimum absolute atomic E-state index is 0.849. The lowest BCUT2D eigenvalue weighted by Gasteiger charge is -2.01. The highest BCUT2D eigenvalue weighted by atomic mass is 14.5. The molecule has 0 aromatic carbocycles. The molecule has 0 aromatic heterocycles. The van der Waals surface area contributed by atoms with Crippen molar-refractivity contribution in [3.05, 3.63) is 12.2 Å². The molecule has 0 aliphatic heterocycles. The maximum absolute atomic E-state index is 5.40. The van der Waals surface area contributed by atoms with Gasteiger partial charge >= 0.3 is 0 Å². The van der Waals surface area contributed by atoms with Gasteiger partial charge in [0, 0.05) is 0 Å². The average molecular weight is 169 g/mol. The van der Waals surface area contributed by atoms with E-state index in [1.807, 2.05) is 0 Å². The van der Waals surface area contributed by atoms with Crippen molar-refractivity contribution in [1.29, 1.82) is 0 Å². The van der Waals surface area contributed by atoms with Crippen molar-refractivity contribution in [2.45, 2.75) is 51.9 Å². The monoisotopic (exact) mass is 169 g/mol. The summed E-state index contributed by atoms with van der Waals surface area (Å²) >= 11 is 0. The predicted molar refractivity (Wildman–Crippen MR) is 56.2 cm³/mol. The standard InChI is InChI=1S/C11H23N/c1-3-11(2)9-7-5-4-6-8-10-12/h2-10,12H2,1H3. The van der Waals surface area contributed by atoms with Gasteiger partial charge in [0.2, 0.25) is 0 Å². The lowest BCUT2D eigenvalue weighted by molar-refractivity contribution is 0.614. The maximum atomic E-state index is 5.40. The molecular formula is C11H23N. The Bertz CT molecular complexity index is 108. The molecule has 0 bridgehead atoms. The fraction of sp³-hybridized carbons (Fsp3) is 0.818. The van der Waals surface area contributed by atoms with Gasteiger partial charge in [-0.25, -0.2) is 0 Å². The zero-order chi connectivity index (χ0) is 9.23. The van der Waals surface area contributed by atoms with Crippen molar-refractivity contribution in [2.75, 3.05) is 6.54 Å². The van der Waals surface area contributed by atoms with Gasteiger partial charge in [0.25, 0.3) is 0 Å². The lowest BCUT2D eigenvalue weighted by Crippen LogP contribution is -1.97. The van der Waals surface area contributed by atoms with E-state index in [1.165, 1.54) is 44.1 Å². The van der Waals surface area contributed by atoms with Crippen molar-refractivity contribution < 1.29 is 0 Å². The smallest absolute Gasteiger partial charge is 0.00773 e. The van der Waals surface area contributed by atoms with Crippen LogP contribution in [0, 0.1) is 0 Å². The summed E-state index contributed by atoms with van der Waals surface area (Å²) in [7, 11) is 0. The number of unbranched alkanes of at least 4 members (excludes halogenated alkanes) is 4. The van der Waals surface area contributed by atoms with Crippen molar-refractivity contribution in [3.63, 3.8) is 0 Å². The molecule has 0 aliphatic carbocycles. The molecule has 0 rings (SSSR count). The van der Waals surface area contributed by atoms with Crippen molar-refractivity contribution in [2.24, 2.45) is 5.73 Å². The van der Waals surface area contributed by atoms with Crippen LogP contribution in [0.25, 0.3) is 0 Å². The Balaban J connectivity index is 2.95. The van der Waals surface area contributed by atoms with Crippen LogP contribution >= 0.6 is 0 Å². The first-order chi connectivity index (χ1) is 5.81. The van der Waals surface area contributed by atoms with Crippen LogP contribution in [0.3, 0.4) is 0 Å². The molecule has 0 saturated heterocycles. The number of hydrogen-bond acceptors (Lipinski definition) is 1. The first-order valence-corrected chi connectivity index (χ1v) is 5.18. The maximum Gasteiger partial charge on any atom is -0.00773 e. The summed E-state index contributed by atoms with van der Waals surface area (Å²) in [6, 6.07) is 0. The first kappa shape index (κ1) is 11.7. The summed E-state index contributed by atoms with van der Waals surface area (Å²) in [5, 5.41) is 0. The zero-order valence-corrected chi connectivity index (χ0v) is 8.44. The van der Waals surface area contributed by atoms with Gasteiger partial charge in [0.15, 0.2) is 0 Å². The largest absolute Gasteiger partial charge is 0.330 e. The van der Waals surface area contributed by atoms with Crippen LogP contribution in [-0.4, -0.2) is 6.54 Å². The molecule has 72 valence electrons. The van der Waals surface area contributed by atoms with E-state index < -0.39 is 0 Å². The fourth-order valence-electron chi connectivity index (χ4n) is 1.23. The third-order valence-electron chi connectivity index (χ3n) is 2.23. The summed E-state index contributed by atoms with van der Waals surface area (Å²) in [6.07, 6.45) is 8.86. The van der Waals surface area contributed by atoms with Crippen LogP contribution in [0.1, 0.15) is 51.9 Å². The van der Waals surface area contributed by atoms with E-state index in [2.05, 4.69) is 13.5 Å². The highest BCUT2D eigenvalue weighted by Gasteiger charge is 1.92. The molecule has 12 heavy (non-hydrogen) atoms. The van der Waals surface area contributed by atoms with Crippen LogP contribution in [0.15, 0.2) is 12.2 Å². The second kappa shape index (κ2) is 8.79. The summed E-state index contributed by atoms with van der Waals surface area (Å²) in [4.78, 5) is 0. The molecule has 0 heterocycles. The molecule has 2 N–H and O–H groups in total. The van der Waals surface area contributed by atoms with Crippen LogP contribution in [0.4, 0.5) is 0 Å². The van der Waals surface area contributed by atoms with E-state index >= 15 is 0 Å². The van der Waals surface area contributed by atoms with Gasteiger partial charge in [-0.3, -0.25) is 0 Å². The molecule has 0 amide bonds. The van der Waals surface area contributed by atoms with Crippen LogP contribution in [0.2, 0.25) is 0 Å². The quantitative estimate of drug-likeness (QED) is 0.438. The van der Waals surface area contributed by atoms with E-state index in [-0.39, 0.29) is 0 Å². The SMILES string of the molecule is C=C(CC)CCCCCCCN. The third-order valence-corrected chi connectivity index (χ3v) is 2.23. The van der Waals surface area contributed by atoms with Gasteiger partial charge in [-0.1, -0.05) is 38.3 Å². The first-order valence-electron chi connectivity index (χ1n) is 5.18. The molecule has 1 heteroatoms. The van der Waals surface area contributed by atoms with Gasteiger partial charge in [-0.2, -0.15) is 0 Å². The van der Waals surface area contributed by atoms with Crippen LogP contribution in [0.5, 0.6) is 0 Å². The normalized spacial score (nSPS) is 10.2. The van der Waals surface area contributed by atoms with Gasteiger partial charge in [-0.15, -0.1) is 0 Å². The molecule has 0 spiro atoms. The predicted octanol–water partition coefficient (Wildman–Crippen LogP) is 3.25. The molecule has 0 radical (unpaired) electrons. The van der Waals surface area contributed by atoms with Gasteiger partial charge in [-0.05, 0) is 32.2 Å². The summed E-state index contributed by atoms with van der Waals surface area (Å²) in [6.45, 7) is 7.01. The molecule has 0 fully saturated rings. The Kier molecular flexibility index (Phi) is 8.57. The molecule has 0 aliphatic rings. The second-order valence-corrected chi connectivity index (χ2v) is 3.41. The minimum Gasteiger partial charge on any atom is -0.330 e. The van der Waals surface area contributed by atoms with Gasteiger partial charge in [0.05, 0.1) is 0 Å². The Morgan fingerprint density at radius 3 is 2.25 bits per heavy atom. The highest BCUT2D eigenvalue weighted by Crippen LogP contribution is 2.11. The summed E-state index contributed by atoms with van der Waals surface area (Å²) < 4.78 is 0. The Morgan fingerprint density at radius 1 is 1.08 bits per heavy atom. The number of nitrogens with two attached hydrogens (primary N) is 1. The zero-order valence-electron chi connectivity index (χ0n) is 8.44.